The van der Waals surface area contributed by atoms with Crippen molar-refractivity contribution < 1.29 is 9.59 Å². The highest BCUT2D eigenvalue weighted by Crippen LogP contribution is 2.11. The molecule has 2 aromatic rings. The average molecular weight is 290 g/mol. The Hall–Kier alpha value is -2.64. The van der Waals surface area contributed by atoms with Crippen molar-refractivity contribution in [2.24, 2.45) is 7.05 Å². The molecule has 2 heterocycles. The minimum atomic E-state index is -0.723. The predicted molar refractivity (Wildman–Crippen MR) is 76.6 cm³/mol. The number of hydrogen-bond donors (Lipinski definition) is 3. The van der Waals surface area contributed by atoms with Crippen molar-refractivity contribution in [3.8, 4) is 0 Å². The fraction of sp³-hybridized carbons (Fsp3) is 0.385. The van der Waals surface area contributed by atoms with E-state index in [4.69, 9.17) is 0 Å². The molecule has 0 aromatic carbocycles. The summed E-state index contributed by atoms with van der Waals surface area (Å²) in [5, 5.41) is 15.5. The van der Waals surface area contributed by atoms with Crippen LogP contribution in [0.15, 0.2) is 12.3 Å². The van der Waals surface area contributed by atoms with Crippen molar-refractivity contribution in [2.45, 2.75) is 20.3 Å². The van der Waals surface area contributed by atoms with Crippen molar-refractivity contribution in [1.82, 2.24) is 25.3 Å². The van der Waals surface area contributed by atoms with Gasteiger partial charge in [0, 0.05) is 25.4 Å². The summed E-state index contributed by atoms with van der Waals surface area (Å²) in [6, 6.07) is 1.56. The molecule has 0 aliphatic rings. The summed E-state index contributed by atoms with van der Waals surface area (Å²) in [7, 11) is 1.88. The van der Waals surface area contributed by atoms with E-state index in [0.29, 0.717) is 18.8 Å². The molecule has 0 unspecified atom stereocenters. The molecular weight excluding hydrogens is 272 g/mol. The molecule has 2 amide bonds. The van der Waals surface area contributed by atoms with E-state index in [1.165, 1.54) is 6.20 Å². The third kappa shape index (κ3) is 3.47. The number of nitrogens with zero attached hydrogens (tertiary/aromatic N) is 3. The van der Waals surface area contributed by atoms with Gasteiger partial charge in [-0.05, 0) is 25.8 Å². The first-order chi connectivity index (χ1) is 9.99. The molecule has 0 radical (unpaired) electrons. The fourth-order valence-electron chi connectivity index (χ4n) is 2.07. The molecule has 112 valence electrons. The van der Waals surface area contributed by atoms with Crippen LogP contribution in [0.25, 0.3) is 0 Å². The molecule has 8 nitrogen and oxygen atoms in total. The topological polar surface area (TPSA) is 105 Å². The van der Waals surface area contributed by atoms with Gasteiger partial charge in [-0.25, -0.2) is 0 Å². The number of anilines is 1. The molecule has 2 rings (SSSR count). The summed E-state index contributed by atoms with van der Waals surface area (Å²) in [5.41, 5.74) is 3.08. The Morgan fingerprint density at radius 2 is 2.10 bits per heavy atom. The Balaban J connectivity index is 1.83. The predicted octanol–water partition coefficient (Wildman–Crippen LogP) is 0.0574. The number of aromatic nitrogens is 4. The monoisotopic (exact) mass is 290 g/mol. The highest BCUT2D eigenvalue weighted by molar-refractivity contribution is 6.39. The fourth-order valence-corrected chi connectivity index (χ4v) is 2.07. The van der Waals surface area contributed by atoms with Crippen LogP contribution in [0.4, 0.5) is 5.82 Å². The lowest BCUT2D eigenvalue weighted by Crippen LogP contribution is -2.36. The van der Waals surface area contributed by atoms with Crippen molar-refractivity contribution >= 4 is 17.6 Å². The SMILES string of the molecule is Cc1nn(C)c(C)c1CCNC(=O)C(=O)Nc1ccn[nH]1. The van der Waals surface area contributed by atoms with Gasteiger partial charge < -0.3 is 10.6 Å². The second-order valence-electron chi connectivity index (χ2n) is 4.70. The van der Waals surface area contributed by atoms with Crippen LogP contribution in [0.1, 0.15) is 17.0 Å². The number of carbonyl (C=O) groups excluding carboxylic acids is 2. The van der Waals surface area contributed by atoms with Gasteiger partial charge in [-0.15, -0.1) is 0 Å². The summed E-state index contributed by atoms with van der Waals surface area (Å²) in [6.45, 7) is 4.28. The van der Waals surface area contributed by atoms with Crippen LogP contribution in [0, 0.1) is 13.8 Å². The Morgan fingerprint density at radius 3 is 2.67 bits per heavy atom. The van der Waals surface area contributed by atoms with E-state index < -0.39 is 11.8 Å². The Bertz CT molecular complexity index is 644. The second kappa shape index (κ2) is 6.21. The maximum Gasteiger partial charge on any atom is 0.314 e. The number of aromatic amines is 1. The van der Waals surface area contributed by atoms with Crippen LogP contribution in [0.3, 0.4) is 0 Å². The molecule has 0 saturated carbocycles. The van der Waals surface area contributed by atoms with Crippen molar-refractivity contribution in [1.29, 1.82) is 0 Å². The summed E-state index contributed by atoms with van der Waals surface area (Å²) in [4.78, 5) is 23.3. The van der Waals surface area contributed by atoms with E-state index in [-0.39, 0.29) is 0 Å². The van der Waals surface area contributed by atoms with E-state index >= 15 is 0 Å². The summed E-state index contributed by atoms with van der Waals surface area (Å²) >= 11 is 0. The minimum absolute atomic E-state index is 0.378. The van der Waals surface area contributed by atoms with Crippen molar-refractivity contribution in [2.75, 3.05) is 11.9 Å². The van der Waals surface area contributed by atoms with Crippen LogP contribution in [0.2, 0.25) is 0 Å². The number of amides is 2. The van der Waals surface area contributed by atoms with E-state index in [2.05, 4.69) is 25.9 Å². The zero-order valence-corrected chi connectivity index (χ0v) is 12.2. The third-order valence-corrected chi connectivity index (χ3v) is 3.27. The molecule has 0 bridgehead atoms. The van der Waals surface area contributed by atoms with Gasteiger partial charge in [0.05, 0.1) is 11.9 Å². The average Bonchev–Trinajstić information content (AvgIpc) is 3.02. The lowest BCUT2D eigenvalue weighted by atomic mass is 10.1. The first-order valence-corrected chi connectivity index (χ1v) is 6.56. The minimum Gasteiger partial charge on any atom is -0.347 e. The molecule has 0 aliphatic carbocycles. The van der Waals surface area contributed by atoms with Gasteiger partial charge in [-0.1, -0.05) is 0 Å². The first kappa shape index (κ1) is 14.8. The Kier molecular flexibility index (Phi) is 4.36. The standard InChI is InChI=1S/C13H18N6O2/c1-8-10(9(2)19(3)18-8)4-6-14-12(20)13(21)16-11-5-7-15-17-11/h5,7H,4,6H2,1-3H3,(H,14,20)(H2,15,16,17,21). The largest absolute Gasteiger partial charge is 0.347 e. The lowest BCUT2D eigenvalue weighted by Gasteiger charge is -2.05. The summed E-state index contributed by atoms with van der Waals surface area (Å²) in [5.74, 6) is -1.02. The molecule has 0 atom stereocenters. The van der Waals surface area contributed by atoms with E-state index in [9.17, 15) is 9.59 Å². The molecule has 21 heavy (non-hydrogen) atoms. The van der Waals surface area contributed by atoms with Gasteiger partial charge in [0.1, 0.15) is 5.82 Å². The number of hydrogen-bond acceptors (Lipinski definition) is 4. The molecule has 8 heteroatoms. The Morgan fingerprint density at radius 1 is 1.33 bits per heavy atom. The molecule has 3 N–H and O–H groups in total. The maximum absolute atomic E-state index is 11.7. The van der Waals surface area contributed by atoms with Gasteiger partial charge in [0.15, 0.2) is 0 Å². The van der Waals surface area contributed by atoms with E-state index in [1.807, 2.05) is 20.9 Å². The molecule has 0 fully saturated rings. The smallest absolute Gasteiger partial charge is 0.314 e. The van der Waals surface area contributed by atoms with Crippen molar-refractivity contribution in [3.63, 3.8) is 0 Å². The summed E-state index contributed by atoms with van der Waals surface area (Å²) in [6.07, 6.45) is 2.12. The molecular formula is C13H18N6O2. The molecule has 0 spiro atoms. The van der Waals surface area contributed by atoms with Crippen LogP contribution in [-0.2, 0) is 23.1 Å². The first-order valence-electron chi connectivity index (χ1n) is 6.56. The van der Waals surface area contributed by atoms with Crippen LogP contribution < -0.4 is 10.6 Å². The van der Waals surface area contributed by atoms with Crippen molar-refractivity contribution in [3.05, 3.63) is 29.2 Å². The number of aryl methyl sites for hydroxylation is 2. The van der Waals surface area contributed by atoms with Gasteiger partial charge in [-0.3, -0.25) is 19.4 Å². The lowest BCUT2D eigenvalue weighted by molar-refractivity contribution is -0.136. The molecule has 0 saturated heterocycles. The summed E-state index contributed by atoms with van der Waals surface area (Å²) < 4.78 is 1.80. The maximum atomic E-state index is 11.7. The van der Waals surface area contributed by atoms with Crippen LogP contribution in [0.5, 0.6) is 0 Å². The molecule has 0 aliphatic heterocycles. The van der Waals surface area contributed by atoms with Crippen LogP contribution >= 0.6 is 0 Å². The quantitative estimate of drug-likeness (QED) is 0.692. The highest BCUT2D eigenvalue weighted by Gasteiger charge is 2.15. The van der Waals surface area contributed by atoms with E-state index in [1.54, 1.807) is 10.7 Å². The third-order valence-electron chi connectivity index (χ3n) is 3.27. The van der Waals surface area contributed by atoms with E-state index in [0.717, 1.165) is 17.0 Å². The highest BCUT2D eigenvalue weighted by atomic mass is 16.2. The van der Waals surface area contributed by atoms with Gasteiger partial charge in [0.2, 0.25) is 0 Å². The second-order valence-corrected chi connectivity index (χ2v) is 4.70. The van der Waals surface area contributed by atoms with Crippen LogP contribution in [-0.4, -0.2) is 38.3 Å². The zero-order chi connectivity index (χ0) is 15.4. The molecule has 2 aromatic heterocycles. The van der Waals surface area contributed by atoms with Gasteiger partial charge in [-0.2, -0.15) is 10.2 Å². The number of carbonyl (C=O) groups is 2. The number of H-pyrrole nitrogens is 1. The zero-order valence-electron chi connectivity index (χ0n) is 12.2. The Labute approximate surface area is 121 Å². The number of rotatable bonds is 4. The van der Waals surface area contributed by atoms with Gasteiger partial charge >= 0.3 is 11.8 Å². The van der Waals surface area contributed by atoms with Gasteiger partial charge in [0.25, 0.3) is 0 Å². The number of nitrogens with one attached hydrogen (secondary N) is 3. The normalized spacial score (nSPS) is 10.4.